The van der Waals surface area contributed by atoms with E-state index in [4.69, 9.17) is 0 Å². The quantitative estimate of drug-likeness (QED) is 0.867. The summed E-state index contributed by atoms with van der Waals surface area (Å²) in [5.74, 6) is 0.127. The molecule has 0 radical (unpaired) electrons. The van der Waals surface area contributed by atoms with Gasteiger partial charge in [0.2, 0.25) is 5.91 Å². The Kier molecular flexibility index (Phi) is 2.99. The maximum Gasteiger partial charge on any atom is 0.234 e. The number of fused-ring (bicyclic) bond motifs is 1. The summed E-state index contributed by atoms with van der Waals surface area (Å²) in [7, 11) is 0. The van der Waals surface area contributed by atoms with Crippen LogP contribution >= 0.6 is 0 Å². The van der Waals surface area contributed by atoms with Crippen LogP contribution in [0.5, 0.6) is 0 Å². The molecule has 0 spiro atoms. The Bertz CT molecular complexity index is 579. The first-order valence-electron chi connectivity index (χ1n) is 6.28. The van der Waals surface area contributed by atoms with Crippen LogP contribution in [0.25, 0.3) is 10.8 Å². The predicted octanol–water partition coefficient (Wildman–Crippen LogP) is 1.77. The fraction of sp³-hybridized carbons (Fsp3) is 0.267. The zero-order valence-corrected chi connectivity index (χ0v) is 10.2. The second-order valence-corrected chi connectivity index (χ2v) is 4.74. The van der Waals surface area contributed by atoms with E-state index in [2.05, 4.69) is 52.7 Å². The Morgan fingerprint density at radius 1 is 1.11 bits per heavy atom. The van der Waals surface area contributed by atoms with Crippen molar-refractivity contribution in [3.05, 3.63) is 48.0 Å². The van der Waals surface area contributed by atoms with E-state index in [1.54, 1.807) is 0 Å². The number of hydrogen-bond donors (Lipinski definition) is 1. The molecular weight excluding hydrogens is 224 g/mol. The summed E-state index contributed by atoms with van der Waals surface area (Å²) >= 11 is 0. The van der Waals surface area contributed by atoms with Crippen LogP contribution in [0.15, 0.2) is 42.5 Å². The molecule has 92 valence electrons. The minimum atomic E-state index is 0.127. The molecule has 0 aromatic heterocycles. The van der Waals surface area contributed by atoms with Crippen LogP contribution in [0, 0.1) is 0 Å². The van der Waals surface area contributed by atoms with Gasteiger partial charge in [0.25, 0.3) is 0 Å². The molecule has 1 N–H and O–H groups in total. The lowest BCUT2D eigenvalue weighted by atomic mass is 10.1. The fourth-order valence-corrected chi connectivity index (χ4v) is 2.42. The smallest absolute Gasteiger partial charge is 0.234 e. The van der Waals surface area contributed by atoms with Crippen LogP contribution in [-0.2, 0) is 11.3 Å². The minimum Gasteiger partial charge on any atom is -0.354 e. The first kappa shape index (κ1) is 11.2. The van der Waals surface area contributed by atoms with Crippen LogP contribution < -0.4 is 5.32 Å². The van der Waals surface area contributed by atoms with E-state index in [0.29, 0.717) is 6.54 Å². The lowest BCUT2D eigenvalue weighted by molar-refractivity contribution is -0.124. The Hall–Kier alpha value is -1.87. The highest BCUT2D eigenvalue weighted by Gasteiger charge is 2.15. The second kappa shape index (κ2) is 4.78. The molecule has 1 saturated heterocycles. The fourth-order valence-electron chi connectivity index (χ4n) is 2.42. The van der Waals surface area contributed by atoms with Crippen LogP contribution in [0.2, 0.25) is 0 Å². The highest BCUT2D eigenvalue weighted by Crippen LogP contribution is 2.17. The zero-order valence-electron chi connectivity index (χ0n) is 10.2. The van der Waals surface area contributed by atoms with Crippen molar-refractivity contribution in [3.8, 4) is 0 Å². The molecule has 0 unspecified atom stereocenters. The highest BCUT2D eigenvalue weighted by molar-refractivity contribution is 5.83. The maximum atomic E-state index is 11.3. The molecule has 1 fully saturated rings. The number of rotatable bonds is 2. The van der Waals surface area contributed by atoms with E-state index in [9.17, 15) is 4.79 Å². The Morgan fingerprint density at radius 2 is 1.94 bits per heavy atom. The largest absolute Gasteiger partial charge is 0.354 e. The molecule has 3 nitrogen and oxygen atoms in total. The van der Waals surface area contributed by atoms with Gasteiger partial charge < -0.3 is 5.32 Å². The molecule has 0 aliphatic carbocycles. The number of nitrogens with zero attached hydrogens (tertiary/aromatic N) is 1. The number of piperazine rings is 1. The van der Waals surface area contributed by atoms with Crippen molar-refractivity contribution in [2.45, 2.75) is 6.54 Å². The molecule has 2 aromatic carbocycles. The molecule has 3 heteroatoms. The minimum absolute atomic E-state index is 0.127. The van der Waals surface area contributed by atoms with Gasteiger partial charge in [-0.3, -0.25) is 9.69 Å². The van der Waals surface area contributed by atoms with Crippen molar-refractivity contribution in [1.29, 1.82) is 0 Å². The van der Waals surface area contributed by atoms with E-state index < -0.39 is 0 Å². The Labute approximate surface area is 106 Å². The Balaban J connectivity index is 1.79. The normalized spacial score (nSPS) is 16.8. The molecule has 3 rings (SSSR count). The van der Waals surface area contributed by atoms with E-state index in [1.165, 1.54) is 16.3 Å². The average Bonchev–Trinajstić information content (AvgIpc) is 2.39. The third-order valence-electron chi connectivity index (χ3n) is 3.34. The van der Waals surface area contributed by atoms with Crippen molar-refractivity contribution in [1.82, 2.24) is 10.2 Å². The molecule has 0 atom stereocenters. The second-order valence-electron chi connectivity index (χ2n) is 4.74. The van der Waals surface area contributed by atoms with Gasteiger partial charge in [0.05, 0.1) is 6.54 Å². The third kappa shape index (κ3) is 2.36. The summed E-state index contributed by atoms with van der Waals surface area (Å²) in [5, 5.41) is 5.37. The van der Waals surface area contributed by atoms with Crippen LogP contribution in [-0.4, -0.2) is 30.4 Å². The number of carbonyl (C=O) groups excluding carboxylic acids is 1. The van der Waals surface area contributed by atoms with Crippen LogP contribution in [0.1, 0.15) is 5.56 Å². The van der Waals surface area contributed by atoms with Crippen LogP contribution in [0.4, 0.5) is 0 Å². The van der Waals surface area contributed by atoms with Gasteiger partial charge in [-0.15, -0.1) is 0 Å². The van der Waals surface area contributed by atoms with Gasteiger partial charge >= 0.3 is 0 Å². The highest BCUT2D eigenvalue weighted by atomic mass is 16.2. The topological polar surface area (TPSA) is 32.3 Å². The molecule has 1 heterocycles. The van der Waals surface area contributed by atoms with Crippen molar-refractivity contribution in [2.75, 3.05) is 19.6 Å². The van der Waals surface area contributed by atoms with E-state index in [0.717, 1.165) is 19.6 Å². The van der Waals surface area contributed by atoms with Crippen molar-refractivity contribution in [2.24, 2.45) is 0 Å². The standard InChI is InChI=1S/C15H16N2O/c18-15-11-17(8-7-16-15)10-12-5-6-13-3-1-2-4-14(13)9-12/h1-6,9H,7-8,10-11H2,(H,16,18). The SMILES string of the molecule is O=C1CN(Cc2ccc3ccccc3c2)CCN1. The lowest BCUT2D eigenvalue weighted by Crippen LogP contribution is -2.47. The molecule has 0 bridgehead atoms. The van der Waals surface area contributed by atoms with Crippen molar-refractivity contribution >= 4 is 16.7 Å². The van der Waals surface area contributed by atoms with E-state index in [-0.39, 0.29) is 5.91 Å². The van der Waals surface area contributed by atoms with Gasteiger partial charge in [0.1, 0.15) is 0 Å². The van der Waals surface area contributed by atoms with Gasteiger partial charge in [-0.25, -0.2) is 0 Å². The summed E-state index contributed by atoms with van der Waals surface area (Å²) in [6.45, 7) is 3.04. The summed E-state index contributed by atoms with van der Waals surface area (Å²) < 4.78 is 0. The van der Waals surface area contributed by atoms with Crippen molar-refractivity contribution < 1.29 is 4.79 Å². The number of hydrogen-bond acceptors (Lipinski definition) is 2. The summed E-state index contributed by atoms with van der Waals surface area (Å²) in [5.41, 5.74) is 1.27. The van der Waals surface area contributed by atoms with E-state index >= 15 is 0 Å². The number of carbonyl (C=O) groups is 1. The average molecular weight is 240 g/mol. The summed E-state index contributed by atoms with van der Waals surface area (Å²) in [6.07, 6.45) is 0. The van der Waals surface area contributed by atoms with Crippen LogP contribution in [0.3, 0.4) is 0 Å². The third-order valence-corrected chi connectivity index (χ3v) is 3.34. The predicted molar refractivity (Wildman–Crippen MR) is 72.2 cm³/mol. The van der Waals surface area contributed by atoms with Crippen molar-refractivity contribution in [3.63, 3.8) is 0 Å². The molecule has 2 aromatic rings. The summed E-state index contributed by atoms with van der Waals surface area (Å²) in [6, 6.07) is 14.9. The van der Waals surface area contributed by atoms with Gasteiger partial charge in [0, 0.05) is 19.6 Å². The molecule has 0 saturated carbocycles. The molecule has 1 aliphatic heterocycles. The molecular formula is C15H16N2O. The van der Waals surface area contributed by atoms with Gasteiger partial charge in [-0.05, 0) is 22.4 Å². The summed E-state index contributed by atoms with van der Waals surface area (Å²) in [4.78, 5) is 13.5. The zero-order chi connectivity index (χ0) is 12.4. The molecule has 1 aliphatic rings. The first-order chi connectivity index (χ1) is 8.81. The Morgan fingerprint density at radius 3 is 2.78 bits per heavy atom. The lowest BCUT2D eigenvalue weighted by Gasteiger charge is -2.26. The van der Waals surface area contributed by atoms with Gasteiger partial charge in [-0.1, -0.05) is 36.4 Å². The van der Waals surface area contributed by atoms with Gasteiger partial charge in [0.15, 0.2) is 0 Å². The monoisotopic (exact) mass is 240 g/mol. The number of amides is 1. The number of nitrogens with one attached hydrogen (secondary N) is 1. The van der Waals surface area contributed by atoms with E-state index in [1.807, 2.05) is 0 Å². The first-order valence-corrected chi connectivity index (χ1v) is 6.28. The molecule has 18 heavy (non-hydrogen) atoms. The number of benzene rings is 2. The maximum absolute atomic E-state index is 11.3. The molecule has 1 amide bonds. The van der Waals surface area contributed by atoms with Gasteiger partial charge in [-0.2, -0.15) is 0 Å².